The standard InChI is InChI=1S/C22H26N6O/c1-15(13-27-14-25-18-5-2-3-6-19(18)27)22(29)28-10-4-7-20(28)21-24-12-16-11-23-9-8-17(16)26-21/h2-3,5-6,12,14-15,20,23H,4,7-11,13H2,1H3/t15-,20+/m1/s1. The van der Waals surface area contributed by atoms with Gasteiger partial charge in [-0.3, -0.25) is 4.79 Å². The molecule has 5 rings (SSSR count). The molecule has 0 unspecified atom stereocenters. The molecule has 1 N–H and O–H groups in total. The summed E-state index contributed by atoms with van der Waals surface area (Å²) in [6, 6.07) is 8.03. The summed E-state index contributed by atoms with van der Waals surface area (Å²) in [5, 5.41) is 3.35. The van der Waals surface area contributed by atoms with Crippen LogP contribution in [0, 0.1) is 5.92 Å². The Morgan fingerprint density at radius 1 is 1.31 bits per heavy atom. The number of likely N-dealkylation sites (tertiary alicyclic amines) is 1. The predicted octanol–water partition coefficient (Wildman–Crippen LogP) is 2.47. The SMILES string of the molecule is C[C@H](Cn1cnc2ccccc21)C(=O)N1CCC[C@H]1c1ncc2c(n1)CCNC2. The second-order valence-corrected chi connectivity index (χ2v) is 8.10. The van der Waals surface area contributed by atoms with Gasteiger partial charge < -0.3 is 14.8 Å². The molecule has 7 nitrogen and oxygen atoms in total. The summed E-state index contributed by atoms with van der Waals surface area (Å²) in [6.07, 6.45) is 6.63. The van der Waals surface area contributed by atoms with E-state index < -0.39 is 0 Å². The van der Waals surface area contributed by atoms with Crippen molar-refractivity contribution in [3.63, 3.8) is 0 Å². The number of aromatic nitrogens is 4. The zero-order valence-corrected chi connectivity index (χ0v) is 16.7. The third-order valence-electron chi connectivity index (χ3n) is 6.08. The van der Waals surface area contributed by atoms with Crippen molar-refractivity contribution in [2.24, 2.45) is 5.92 Å². The minimum atomic E-state index is -0.130. The van der Waals surface area contributed by atoms with Crippen molar-refractivity contribution in [3.05, 3.63) is 53.9 Å². The number of nitrogens with zero attached hydrogens (tertiary/aromatic N) is 5. The molecule has 0 bridgehead atoms. The van der Waals surface area contributed by atoms with Crippen LogP contribution in [0.15, 0.2) is 36.8 Å². The molecule has 0 radical (unpaired) electrons. The molecule has 1 aromatic carbocycles. The van der Waals surface area contributed by atoms with Gasteiger partial charge in [-0.05, 0) is 25.0 Å². The van der Waals surface area contributed by atoms with Crippen LogP contribution < -0.4 is 5.32 Å². The van der Waals surface area contributed by atoms with Crippen LogP contribution in [0.1, 0.15) is 42.9 Å². The van der Waals surface area contributed by atoms with Crippen LogP contribution in [0.2, 0.25) is 0 Å². The highest BCUT2D eigenvalue weighted by atomic mass is 16.2. The van der Waals surface area contributed by atoms with E-state index in [1.54, 1.807) is 0 Å². The van der Waals surface area contributed by atoms with E-state index in [1.165, 1.54) is 5.56 Å². The monoisotopic (exact) mass is 390 g/mol. The van der Waals surface area contributed by atoms with E-state index in [4.69, 9.17) is 4.98 Å². The lowest BCUT2D eigenvalue weighted by Gasteiger charge is -2.27. The summed E-state index contributed by atoms with van der Waals surface area (Å²) in [5.41, 5.74) is 4.34. The molecule has 150 valence electrons. The normalized spacial score (nSPS) is 20.0. The number of hydrogen-bond acceptors (Lipinski definition) is 5. The van der Waals surface area contributed by atoms with Gasteiger partial charge in [0.25, 0.3) is 0 Å². The van der Waals surface area contributed by atoms with E-state index in [2.05, 4.69) is 19.9 Å². The molecule has 1 fully saturated rings. The topological polar surface area (TPSA) is 75.9 Å². The van der Waals surface area contributed by atoms with Crippen LogP contribution in [-0.2, 0) is 24.3 Å². The van der Waals surface area contributed by atoms with Gasteiger partial charge >= 0.3 is 0 Å². The molecule has 0 spiro atoms. The highest BCUT2D eigenvalue weighted by molar-refractivity contribution is 5.80. The number of benzene rings is 1. The van der Waals surface area contributed by atoms with E-state index in [0.29, 0.717) is 6.54 Å². The molecule has 4 heterocycles. The van der Waals surface area contributed by atoms with Crippen LogP contribution in [0.4, 0.5) is 0 Å². The Bertz CT molecular complexity index is 1040. The number of nitrogens with one attached hydrogen (secondary N) is 1. The minimum Gasteiger partial charge on any atom is -0.332 e. The molecule has 3 aromatic rings. The van der Waals surface area contributed by atoms with Gasteiger partial charge in [0.2, 0.25) is 5.91 Å². The maximum Gasteiger partial charge on any atom is 0.227 e. The molecule has 1 saturated heterocycles. The first-order valence-electron chi connectivity index (χ1n) is 10.5. The lowest BCUT2D eigenvalue weighted by Crippen LogP contribution is -2.37. The Kier molecular flexibility index (Phi) is 4.75. The van der Waals surface area contributed by atoms with Crippen molar-refractivity contribution in [1.82, 2.24) is 29.7 Å². The molecule has 29 heavy (non-hydrogen) atoms. The van der Waals surface area contributed by atoms with Gasteiger partial charge in [0.15, 0.2) is 5.82 Å². The average Bonchev–Trinajstić information content (AvgIpc) is 3.40. The van der Waals surface area contributed by atoms with Crippen molar-refractivity contribution < 1.29 is 4.79 Å². The fraction of sp³-hybridized carbons (Fsp3) is 0.455. The Labute approximate surface area is 170 Å². The molecule has 2 aromatic heterocycles. The quantitative estimate of drug-likeness (QED) is 0.741. The summed E-state index contributed by atoms with van der Waals surface area (Å²) in [5.74, 6) is 0.847. The Morgan fingerprint density at radius 3 is 3.14 bits per heavy atom. The number of imidazole rings is 1. The van der Waals surface area contributed by atoms with Crippen LogP contribution >= 0.6 is 0 Å². The molecule has 0 aliphatic carbocycles. The summed E-state index contributed by atoms with van der Waals surface area (Å²) >= 11 is 0. The van der Waals surface area contributed by atoms with Gasteiger partial charge in [-0.15, -0.1) is 0 Å². The van der Waals surface area contributed by atoms with Crippen LogP contribution in [0.5, 0.6) is 0 Å². The lowest BCUT2D eigenvalue weighted by molar-refractivity contribution is -0.136. The van der Waals surface area contributed by atoms with Gasteiger partial charge in [0.05, 0.1) is 29.3 Å². The number of hydrogen-bond donors (Lipinski definition) is 1. The number of rotatable bonds is 4. The van der Waals surface area contributed by atoms with Crippen molar-refractivity contribution >= 4 is 16.9 Å². The molecular formula is C22H26N6O. The molecule has 2 aliphatic rings. The zero-order chi connectivity index (χ0) is 19.8. The number of fused-ring (bicyclic) bond motifs is 2. The molecule has 7 heteroatoms. The molecule has 1 amide bonds. The molecule has 2 aliphatic heterocycles. The maximum atomic E-state index is 13.3. The Morgan fingerprint density at radius 2 is 2.21 bits per heavy atom. The first kappa shape index (κ1) is 18.2. The second-order valence-electron chi connectivity index (χ2n) is 8.10. The number of para-hydroxylation sites is 2. The highest BCUT2D eigenvalue weighted by Gasteiger charge is 2.34. The van der Waals surface area contributed by atoms with Gasteiger partial charge in [-0.1, -0.05) is 19.1 Å². The van der Waals surface area contributed by atoms with Crippen molar-refractivity contribution in [3.8, 4) is 0 Å². The largest absolute Gasteiger partial charge is 0.332 e. The third-order valence-corrected chi connectivity index (χ3v) is 6.08. The Hall–Kier alpha value is -2.80. The number of amides is 1. The van der Waals surface area contributed by atoms with E-state index >= 15 is 0 Å². The smallest absolute Gasteiger partial charge is 0.227 e. The highest BCUT2D eigenvalue weighted by Crippen LogP contribution is 2.32. The van der Waals surface area contributed by atoms with Crippen molar-refractivity contribution in [2.45, 2.75) is 45.3 Å². The van der Waals surface area contributed by atoms with Gasteiger partial charge in [0.1, 0.15) is 0 Å². The van der Waals surface area contributed by atoms with Crippen LogP contribution in [-0.4, -0.2) is 43.4 Å². The second kappa shape index (κ2) is 7.55. The van der Waals surface area contributed by atoms with E-state index in [0.717, 1.165) is 61.4 Å². The number of carbonyl (C=O) groups is 1. The first-order chi connectivity index (χ1) is 14.2. The minimum absolute atomic E-state index is 0.00957. The van der Waals surface area contributed by atoms with E-state index in [1.807, 2.05) is 48.6 Å². The Balaban J connectivity index is 1.34. The van der Waals surface area contributed by atoms with Gasteiger partial charge in [-0.25, -0.2) is 15.0 Å². The summed E-state index contributed by atoms with van der Waals surface area (Å²) in [4.78, 5) is 29.2. The summed E-state index contributed by atoms with van der Waals surface area (Å²) in [7, 11) is 0. The first-order valence-corrected chi connectivity index (χ1v) is 10.5. The van der Waals surface area contributed by atoms with Crippen LogP contribution in [0.3, 0.4) is 0 Å². The molecule has 2 atom stereocenters. The summed E-state index contributed by atoms with van der Waals surface area (Å²) < 4.78 is 2.07. The average molecular weight is 390 g/mol. The fourth-order valence-corrected chi connectivity index (χ4v) is 4.52. The predicted molar refractivity (Wildman–Crippen MR) is 110 cm³/mol. The third kappa shape index (κ3) is 3.40. The lowest BCUT2D eigenvalue weighted by atomic mass is 10.1. The van der Waals surface area contributed by atoms with Crippen molar-refractivity contribution in [2.75, 3.05) is 13.1 Å². The summed E-state index contributed by atoms with van der Waals surface area (Å²) in [6.45, 7) is 5.19. The zero-order valence-electron chi connectivity index (χ0n) is 16.7. The maximum absolute atomic E-state index is 13.3. The number of carbonyl (C=O) groups excluding carboxylic acids is 1. The van der Waals surface area contributed by atoms with Crippen molar-refractivity contribution in [1.29, 1.82) is 0 Å². The van der Waals surface area contributed by atoms with Gasteiger partial charge in [-0.2, -0.15) is 0 Å². The molecule has 0 saturated carbocycles. The van der Waals surface area contributed by atoms with Crippen LogP contribution in [0.25, 0.3) is 11.0 Å². The van der Waals surface area contributed by atoms with Gasteiger partial charge in [0, 0.05) is 50.1 Å². The van der Waals surface area contributed by atoms with E-state index in [9.17, 15) is 4.79 Å². The van der Waals surface area contributed by atoms with E-state index in [-0.39, 0.29) is 17.9 Å². The molecular weight excluding hydrogens is 364 g/mol. The fourth-order valence-electron chi connectivity index (χ4n) is 4.52.